The summed E-state index contributed by atoms with van der Waals surface area (Å²) in [6.45, 7) is 4.28. The Morgan fingerprint density at radius 1 is 1.20 bits per heavy atom. The van der Waals surface area contributed by atoms with Crippen LogP contribution in [0.5, 0.6) is 0 Å². The summed E-state index contributed by atoms with van der Waals surface area (Å²) in [5, 5.41) is 0. The second-order valence-corrected chi connectivity index (χ2v) is 4.72. The van der Waals surface area contributed by atoms with Crippen LogP contribution in [0.2, 0.25) is 0 Å². The van der Waals surface area contributed by atoms with E-state index in [9.17, 15) is 4.79 Å². The second-order valence-electron chi connectivity index (χ2n) is 4.72. The van der Waals surface area contributed by atoms with E-state index < -0.39 is 0 Å². The van der Waals surface area contributed by atoms with Crippen LogP contribution in [0.4, 0.5) is 0 Å². The largest absolute Gasteiger partial charge is 0.299 e. The maximum absolute atomic E-state index is 11.9. The van der Waals surface area contributed by atoms with Crippen molar-refractivity contribution >= 4 is 5.78 Å². The number of ketones is 1. The number of hydrogen-bond donors (Lipinski definition) is 0. The van der Waals surface area contributed by atoms with Crippen LogP contribution in [0, 0.1) is 12.8 Å². The lowest BCUT2D eigenvalue weighted by Crippen LogP contribution is -2.24. The second kappa shape index (κ2) is 4.18. The maximum Gasteiger partial charge on any atom is 0.140 e. The van der Waals surface area contributed by atoms with Crippen molar-refractivity contribution < 1.29 is 4.79 Å². The van der Waals surface area contributed by atoms with Crippen LogP contribution < -0.4 is 0 Å². The molecule has 1 aromatic rings. The lowest BCUT2D eigenvalue weighted by atomic mass is 9.75. The minimum absolute atomic E-state index is 0.152. The first-order chi connectivity index (χ1) is 7.18. The number of hydrogen-bond acceptors (Lipinski definition) is 1. The van der Waals surface area contributed by atoms with Crippen LogP contribution in [-0.2, 0) is 4.79 Å². The molecule has 1 unspecified atom stereocenters. The van der Waals surface area contributed by atoms with E-state index in [1.807, 2.05) is 0 Å². The number of carbonyl (C=O) groups excluding carboxylic acids is 1. The smallest absolute Gasteiger partial charge is 0.140 e. The molecule has 2 atom stereocenters. The Balaban J connectivity index is 2.27. The molecule has 1 heteroatoms. The zero-order chi connectivity index (χ0) is 10.8. The van der Waals surface area contributed by atoms with E-state index in [1.165, 1.54) is 17.5 Å². The number of aryl methyl sites for hydroxylation is 1. The Kier molecular flexibility index (Phi) is 2.90. The summed E-state index contributed by atoms with van der Waals surface area (Å²) in [7, 11) is 0. The van der Waals surface area contributed by atoms with Crippen molar-refractivity contribution in [3.63, 3.8) is 0 Å². The van der Waals surface area contributed by atoms with Gasteiger partial charge in [-0.15, -0.1) is 0 Å². The Morgan fingerprint density at radius 3 is 2.47 bits per heavy atom. The highest BCUT2D eigenvalue weighted by Crippen LogP contribution is 2.34. The van der Waals surface area contributed by atoms with Gasteiger partial charge in [-0.1, -0.05) is 36.8 Å². The van der Waals surface area contributed by atoms with E-state index in [2.05, 4.69) is 38.1 Å². The summed E-state index contributed by atoms with van der Waals surface area (Å²) in [4.78, 5) is 11.9. The fourth-order valence-corrected chi connectivity index (χ4v) is 2.53. The van der Waals surface area contributed by atoms with Crippen molar-refractivity contribution in [3.05, 3.63) is 35.4 Å². The van der Waals surface area contributed by atoms with Gasteiger partial charge in [-0.2, -0.15) is 0 Å². The van der Waals surface area contributed by atoms with Gasteiger partial charge in [-0.05, 0) is 31.2 Å². The predicted octanol–water partition coefficient (Wildman–Crippen LogP) is 3.47. The minimum Gasteiger partial charge on any atom is -0.299 e. The van der Waals surface area contributed by atoms with Gasteiger partial charge in [0.1, 0.15) is 5.78 Å². The van der Waals surface area contributed by atoms with Gasteiger partial charge in [0.25, 0.3) is 0 Å². The molecule has 1 fully saturated rings. The van der Waals surface area contributed by atoms with Crippen molar-refractivity contribution in [2.45, 2.75) is 39.0 Å². The van der Waals surface area contributed by atoms with Crippen LogP contribution in [0.15, 0.2) is 24.3 Å². The average molecular weight is 202 g/mol. The fraction of sp³-hybridized carbons (Fsp3) is 0.500. The quantitative estimate of drug-likeness (QED) is 0.681. The fourth-order valence-electron chi connectivity index (χ4n) is 2.53. The van der Waals surface area contributed by atoms with E-state index in [0.29, 0.717) is 11.7 Å². The summed E-state index contributed by atoms with van der Waals surface area (Å²) in [5.74, 6) is 1.09. The molecule has 0 bridgehead atoms. The molecule has 1 nitrogen and oxygen atoms in total. The van der Waals surface area contributed by atoms with Crippen molar-refractivity contribution in [2.75, 3.05) is 0 Å². The molecule has 0 heterocycles. The Morgan fingerprint density at radius 2 is 1.87 bits per heavy atom. The molecular formula is C14H18O. The van der Waals surface area contributed by atoms with Gasteiger partial charge in [0.15, 0.2) is 0 Å². The maximum atomic E-state index is 11.9. The van der Waals surface area contributed by atoms with Gasteiger partial charge in [0.05, 0.1) is 0 Å². The topological polar surface area (TPSA) is 17.1 Å². The molecular weight excluding hydrogens is 184 g/mol. The number of carbonyl (C=O) groups is 1. The van der Waals surface area contributed by atoms with Gasteiger partial charge < -0.3 is 0 Å². The van der Waals surface area contributed by atoms with Crippen molar-refractivity contribution in [1.82, 2.24) is 0 Å². The molecule has 80 valence electrons. The van der Waals surface area contributed by atoms with Crippen molar-refractivity contribution in [2.24, 2.45) is 5.92 Å². The summed E-state index contributed by atoms with van der Waals surface area (Å²) in [6, 6.07) is 8.42. The van der Waals surface area contributed by atoms with E-state index in [4.69, 9.17) is 0 Å². The summed E-state index contributed by atoms with van der Waals surface area (Å²) >= 11 is 0. The highest BCUT2D eigenvalue weighted by molar-refractivity contribution is 5.86. The number of rotatable bonds is 1. The van der Waals surface area contributed by atoms with Crippen LogP contribution in [-0.4, -0.2) is 5.78 Å². The zero-order valence-electron chi connectivity index (χ0n) is 9.49. The molecule has 2 rings (SSSR count). The Bertz CT molecular complexity index is 350. The van der Waals surface area contributed by atoms with Gasteiger partial charge in [-0.25, -0.2) is 0 Å². The summed E-state index contributed by atoms with van der Waals surface area (Å²) in [5.41, 5.74) is 2.47. The molecule has 15 heavy (non-hydrogen) atoms. The zero-order valence-corrected chi connectivity index (χ0v) is 9.49. The van der Waals surface area contributed by atoms with E-state index in [1.54, 1.807) is 0 Å². The Hall–Kier alpha value is -1.11. The molecule has 1 aliphatic rings. The normalized spacial score (nSPS) is 26.7. The third kappa shape index (κ3) is 2.11. The predicted molar refractivity (Wildman–Crippen MR) is 61.9 cm³/mol. The Labute approximate surface area is 91.5 Å². The van der Waals surface area contributed by atoms with E-state index >= 15 is 0 Å². The highest BCUT2D eigenvalue weighted by Gasteiger charge is 2.29. The van der Waals surface area contributed by atoms with Crippen molar-refractivity contribution in [1.29, 1.82) is 0 Å². The number of benzene rings is 1. The minimum atomic E-state index is 0.152. The van der Waals surface area contributed by atoms with Crippen LogP contribution in [0.25, 0.3) is 0 Å². The van der Waals surface area contributed by atoms with Crippen LogP contribution in [0.1, 0.15) is 43.2 Å². The lowest BCUT2D eigenvalue weighted by molar-refractivity contribution is -0.123. The first kappa shape index (κ1) is 10.4. The van der Waals surface area contributed by atoms with Gasteiger partial charge >= 0.3 is 0 Å². The van der Waals surface area contributed by atoms with Crippen LogP contribution >= 0.6 is 0 Å². The van der Waals surface area contributed by atoms with Crippen molar-refractivity contribution in [3.8, 4) is 0 Å². The third-order valence-electron chi connectivity index (χ3n) is 3.44. The molecule has 1 aliphatic carbocycles. The highest BCUT2D eigenvalue weighted by atomic mass is 16.1. The molecule has 0 saturated heterocycles. The van der Waals surface area contributed by atoms with E-state index in [0.717, 1.165) is 12.8 Å². The lowest BCUT2D eigenvalue weighted by Gasteiger charge is -2.27. The van der Waals surface area contributed by atoms with Crippen LogP contribution in [0.3, 0.4) is 0 Å². The van der Waals surface area contributed by atoms with Gasteiger partial charge in [0.2, 0.25) is 0 Å². The number of Topliss-reactive ketones (excluding diaryl/α,β-unsaturated/α-hetero) is 1. The molecule has 1 saturated carbocycles. The molecule has 0 N–H and O–H groups in total. The molecule has 0 aliphatic heterocycles. The van der Waals surface area contributed by atoms with Gasteiger partial charge in [-0.3, -0.25) is 4.79 Å². The SMILES string of the molecule is Cc1ccc(C2C(=O)CCC[C@@H]2C)cc1. The third-order valence-corrected chi connectivity index (χ3v) is 3.44. The standard InChI is InChI=1S/C14H18O/c1-10-6-8-12(9-7-10)14-11(2)4-3-5-13(14)15/h6-9,11,14H,3-5H2,1-2H3/t11-,14?/m0/s1. The molecule has 0 amide bonds. The molecule has 1 aromatic carbocycles. The molecule has 0 aromatic heterocycles. The van der Waals surface area contributed by atoms with E-state index in [-0.39, 0.29) is 5.92 Å². The molecule has 0 spiro atoms. The monoisotopic (exact) mass is 202 g/mol. The first-order valence-corrected chi connectivity index (χ1v) is 5.78. The average Bonchev–Trinajstić information content (AvgIpc) is 2.20. The van der Waals surface area contributed by atoms with Gasteiger partial charge in [0, 0.05) is 12.3 Å². The molecule has 0 radical (unpaired) electrons. The summed E-state index contributed by atoms with van der Waals surface area (Å²) < 4.78 is 0. The first-order valence-electron chi connectivity index (χ1n) is 5.78. The summed E-state index contributed by atoms with van der Waals surface area (Å²) in [6.07, 6.45) is 3.02.